The Hall–Kier alpha value is -3.95. The highest BCUT2D eigenvalue weighted by Gasteiger charge is 2.18. The minimum Gasteiger partial charge on any atom is -0.492 e. The Labute approximate surface area is 253 Å². The molecule has 0 saturated heterocycles. The van der Waals surface area contributed by atoms with Gasteiger partial charge < -0.3 is 29.5 Å². The second-order valence-corrected chi connectivity index (χ2v) is 10.6. The van der Waals surface area contributed by atoms with E-state index in [4.69, 9.17) is 14.2 Å². The predicted molar refractivity (Wildman–Crippen MR) is 165 cm³/mol. The molecule has 2 amide bonds. The van der Waals surface area contributed by atoms with E-state index in [1.807, 2.05) is 36.4 Å². The number of ether oxygens (including phenoxy) is 3. The van der Waals surface area contributed by atoms with Crippen molar-refractivity contribution in [3.05, 3.63) is 95.3 Å². The summed E-state index contributed by atoms with van der Waals surface area (Å²) in [5.74, 6) is -0.229. The van der Waals surface area contributed by atoms with Gasteiger partial charge in [-0.15, -0.1) is 0 Å². The number of nitrogens with one attached hydrogen (secondary N) is 1. The number of unbranched alkanes of at least 4 members (excludes halogenated alkanes) is 1. The van der Waals surface area contributed by atoms with Crippen molar-refractivity contribution in [2.45, 2.75) is 58.7 Å². The number of carboxylic acids is 1. The van der Waals surface area contributed by atoms with E-state index < -0.39 is 12.1 Å². The van der Waals surface area contributed by atoms with Gasteiger partial charge in [-0.2, -0.15) is 0 Å². The van der Waals surface area contributed by atoms with Crippen molar-refractivity contribution in [1.29, 1.82) is 0 Å². The number of carbonyl (C=O) groups is 2. The van der Waals surface area contributed by atoms with E-state index in [1.165, 1.54) is 17.7 Å². The molecule has 0 aliphatic heterocycles. The van der Waals surface area contributed by atoms with Crippen molar-refractivity contribution in [2.75, 3.05) is 38.2 Å². The number of aliphatic carboxylic acids is 1. The van der Waals surface area contributed by atoms with Gasteiger partial charge in [0.05, 0.1) is 13.2 Å². The van der Waals surface area contributed by atoms with Crippen molar-refractivity contribution in [2.24, 2.45) is 0 Å². The van der Waals surface area contributed by atoms with Crippen LogP contribution >= 0.6 is 0 Å². The van der Waals surface area contributed by atoms with Gasteiger partial charge in [-0.3, -0.25) is 0 Å². The largest absolute Gasteiger partial charge is 0.492 e. The number of rotatable bonds is 18. The number of carboxylic acid groups (broad SMARTS) is 1. The summed E-state index contributed by atoms with van der Waals surface area (Å²) in [6, 6.07) is 21.1. The first kappa shape index (κ1) is 33.6. The van der Waals surface area contributed by atoms with Crippen LogP contribution in [0.5, 0.6) is 5.75 Å². The highest BCUT2D eigenvalue weighted by Crippen LogP contribution is 2.18. The second kappa shape index (κ2) is 17.9. The van der Waals surface area contributed by atoms with E-state index in [0.29, 0.717) is 44.6 Å². The first-order valence-electron chi connectivity index (χ1n) is 14.8. The van der Waals surface area contributed by atoms with Crippen molar-refractivity contribution < 1.29 is 33.3 Å². The zero-order valence-electron chi connectivity index (χ0n) is 25.3. The van der Waals surface area contributed by atoms with E-state index in [9.17, 15) is 19.1 Å². The molecule has 0 bridgehead atoms. The van der Waals surface area contributed by atoms with Gasteiger partial charge in [0.2, 0.25) is 0 Å². The summed E-state index contributed by atoms with van der Waals surface area (Å²) in [5.41, 5.74) is 3.67. The molecule has 43 heavy (non-hydrogen) atoms. The van der Waals surface area contributed by atoms with Crippen molar-refractivity contribution >= 4 is 17.7 Å². The van der Waals surface area contributed by atoms with Gasteiger partial charge in [0.1, 0.15) is 18.2 Å². The summed E-state index contributed by atoms with van der Waals surface area (Å²) in [7, 11) is 0. The monoisotopic (exact) mass is 594 g/mol. The third-order valence-electron chi connectivity index (χ3n) is 6.88. The quantitative estimate of drug-likeness (QED) is 0.156. The fourth-order valence-electron chi connectivity index (χ4n) is 4.37. The van der Waals surface area contributed by atoms with Crippen LogP contribution in [0.2, 0.25) is 0 Å². The third kappa shape index (κ3) is 12.1. The molecule has 3 rings (SSSR count). The Morgan fingerprint density at radius 2 is 1.56 bits per heavy atom. The topological polar surface area (TPSA) is 97.3 Å². The molecule has 0 radical (unpaired) electrons. The molecule has 3 aromatic carbocycles. The number of carbonyl (C=O) groups excluding carboxylic acids is 1. The maximum Gasteiger partial charge on any atom is 0.333 e. The number of hydrogen-bond donors (Lipinski definition) is 2. The maximum atomic E-state index is 13.2. The van der Waals surface area contributed by atoms with Gasteiger partial charge in [-0.1, -0.05) is 50.2 Å². The number of hydrogen-bond acceptors (Lipinski definition) is 5. The average Bonchev–Trinajstić information content (AvgIpc) is 2.99. The minimum absolute atomic E-state index is 0.209. The van der Waals surface area contributed by atoms with Gasteiger partial charge in [0, 0.05) is 31.9 Å². The van der Waals surface area contributed by atoms with Crippen LogP contribution in [0.25, 0.3) is 0 Å². The van der Waals surface area contributed by atoms with Crippen LogP contribution < -0.4 is 10.1 Å². The Balaban J connectivity index is 1.51. The van der Waals surface area contributed by atoms with E-state index >= 15 is 0 Å². The number of anilines is 1. The third-order valence-corrected chi connectivity index (χ3v) is 6.88. The van der Waals surface area contributed by atoms with Gasteiger partial charge in [0.25, 0.3) is 0 Å². The number of nitrogens with zero attached hydrogens (tertiary/aromatic N) is 1. The molecule has 2 N–H and O–H groups in total. The molecule has 0 aliphatic carbocycles. The Kier molecular flexibility index (Phi) is 14.0. The number of halogens is 1. The molecular weight excluding hydrogens is 551 g/mol. The van der Waals surface area contributed by atoms with E-state index in [2.05, 4.69) is 19.2 Å². The summed E-state index contributed by atoms with van der Waals surface area (Å²) >= 11 is 0. The number of amides is 2. The lowest BCUT2D eigenvalue weighted by Crippen LogP contribution is -2.38. The Morgan fingerprint density at radius 3 is 2.19 bits per heavy atom. The molecule has 0 heterocycles. The highest BCUT2D eigenvalue weighted by molar-refractivity contribution is 5.89. The lowest BCUT2D eigenvalue weighted by atomic mass is 10.0. The summed E-state index contributed by atoms with van der Waals surface area (Å²) in [6.07, 6.45) is 0.875. The first-order valence-corrected chi connectivity index (χ1v) is 14.8. The highest BCUT2D eigenvalue weighted by atomic mass is 19.1. The molecule has 9 heteroatoms. The number of benzene rings is 3. The zero-order chi connectivity index (χ0) is 31.0. The van der Waals surface area contributed by atoms with Crippen molar-refractivity contribution in [3.63, 3.8) is 0 Å². The number of urea groups is 1. The second-order valence-electron chi connectivity index (χ2n) is 10.6. The molecule has 232 valence electrons. The van der Waals surface area contributed by atoms with Crippen molar-refractivity contribution in [3.8, 4) is 5.75 Å². The first-order chi connectivity index (χ1) is 20.7. The summed E-state index contributed by atoms with van der Waals surface area (Å²) in [6.45, 7) is 8.46. The molecule has 8 nitrogen and oxygen atoms in total. The van der Waals surface area contributed by atoms with E-state index in [1.54, 1.807) is 36.1 Å². The van der Waals surface area contributed by atoms with Crippen LogP contribution in [-0.2, 0) is 27.3 Å². The molecule has 1 unspecified atom stereocenters. The maximum absolute atomic E-state index is 13.2. The van der Waals surface area contributed by atoms with Crippen LogP contribution in [0.3, 0.4) is 0 Å². The molecular formula is C34H43FN2O6. The van der Waals surface area contributed by atoms with Crippen LogP contribution in [0.4, 0.5) is 14.9 Å². The van der Waals surface area contributed by atoms with Crippen LogP contribution in [0.15, 0.2) is 72.8 Å². The fourth-order valence-corrected chi connectivity index (χ4v) is 4.37. The van der Waals surface area contributed by atoms with E-state index in [-0.39, 0.29) is 24.9 Å². The van der Waals surface area contributed by atoms with Gasteiger partial charge in [-0.05, 0) is 78.8 Å². The summed E-state index contributed by atoms with van der Waals surface area (Å²) in [5, 5.41) is 12.3. The predicted octanol–water partition coefficient (Wildman–Crippen LogP) is 6.89. The molecule has 0 aromatic heterocycles. The van der Waals surface area contributed by atoms with Gasteiger partial charge in [-0.25, -0.2) is 14.0 Å². The normalized spacial score (nSPS) is 11.7. The molecule has 0 saturated carbocycles. The smallest absolute Gasteiger partial charge is 0.333 e. The molecule has 0 aliphatic rings. The van der Waals surface area contributed by atoms with E-state index in [0.717, 1.165) is 29.7 Å². The lowest BCUT2D eigenvalue weighted by Gasteiger charge is -2.23. The zero-order valence-corrected chi connectivity index (χ0v) is 25.3. The van der Waals surface area contributed by atoms with Gasteiger partial charge >= 0.3 is 12.0 Å². The summed E-state index contributed by atoms with van der Waals surface area (Å²) < 4.78 is 30.0. The Bertz CT molecular complexity index is 1250. The summed E-state index contributed by atoms with van der Waals surface area (Å²) in [4.78, 5) is 26.3. The molecule has 0 fully saturated rings. The molecule has 0 spiro atoms. The lowest BCUT2D eigenvalue weighted by molar-refractivity contribution is -0.149. The van der Waals surface area contributed by atoms with Crippen LogP contribution in [0.1, 0.15) is 56.2 Å². The van der Waals surface area contributed by atoms with Crippen LogP contribution in [0, 0.1) is 5.82 Å². The molecule has 3 aromatic rings. The molecule has 1 atom stereocenters. The fraction of sp³-hybridized carbons (Fsp3) is 0.412. The average molecular weight is 595 g/mol. The van der Waals surface area contributed by atoms with Crippen LogP contribution in [-0.4, -0.2) is 61.0 Å². The van der Waals surface area contributed by atoms with Gasteiger partial charge in [0.15, 0.2) is 6.10 Å². The van der Waals surface area contributed by atoms with Crippen molar-refractivity contribution in [1.82, 2.24) is 4.90 Å². The standard InChI is InChI=1S/C34H43FN2O6/c1-4-42-32(33(38)39)23-26-9-17-31(18-10-26)43-22-20-37(34(40)36-30-15-11-28(12-16-30)25(2)3)19-5-6-21-41-24-27-7-13-29(35)14-8-27/h7-18,25,32H,4-6,19-24H2,1-3H3,(H,36,40)(H,38,39). The minimum atomic E-state index is -0.990. The SMILES string of the molecule is CCOC(Cc1ccc(OCCN(CCCCOCc2ccc(F)cc2)C(=O)Nc2ccc(C(C)C)cc2)cc1)C(=O)O. The Morgan fingerprint density at radius 1 is 0.884 bits per heavy atom.